The second-order valence-corrected chi connectivity index (χ2v) is 17.8. The van der Waals surface area contributed by atoms with E-state index in [4.69, 9.17) is 0 Å². The van der Waals surface area contributed by atoms with E-state index in [1.807, 2.05) is 0 Å². The number of aryl methyl sites for hydroxylation is 4. The number of anilines is 3. The van der Waals surface area contributed by atoms with Gasteiger partial charge in [0.05, 0.1) is 11.0 Å². The molecule has 0 saturated heterocycles. The van der Waals surface area contributed by atoms with Gasteiger partial charge >= 0.3 is 0 Å². The molecule has 0 amide bonds. The highest BCUT2D eigenvalue weighted by Crippen LogP contribution is 2.41. The van der Waals surface area contributed by atoms with E-state index in [9.17, 15) is 0 Å². The molecule has 2 heteroatoms. The number of aromatic nitrogens is 1. The Kier molecular flexibility index (Phi) is 13.2. The summed E-state index contributed by atoms with van der Waals surface area (Å²) in [5.41, 5.74) is 20.4. The van der Waals surface area contributed by atoms with E-state index in [2.05, 4.69) is 219 Å². The molecule has 0 aliphatic heterocycles. The molecule has 0 aliphatic rings. The molecular weight excluding hydrogens is 773 g/mol. The predicted octanol–water partition coefficient (Wildman–Crippen LogP) is 18.1. The Morgan fingerprint density at radius 2 is 0.844 bits per heavy atom. The molecule has 0 N–H and O–H groups in total. The fourth-order valence-corrected chi connectivity index (χ4v) is 9.60. The molecule has 0 fully saturated rings. The molecule has 1 heterocycles. The van der Waals surface area contributed by atoms with Gasteiger partial charge in [-0.2, -0.15) is 0 Å². The summed E-state index contributed by atoms with van der Waals surface area (Å²) >= 11 is 0. The molecule has 320 valence electrons. The minimum absolute atomic E-state index is 1.07. The topological polar surface area (TPSA) is 8.17 Å². The van der Waals surface area contributed by atoms with Crippen molar-refractivity contribution in [1.29, 1.82) is 0 Å². The molecule has 0 spiro atoms. The van der Waals surface area contributed by atoms with Crippen molar-refractivity contribution in [2.75, 3.05) is 4.90 Å². The molecular formula is C62H62N2. The molecule has 0 atom stereocenters. The summed E-state index contributed by atoms with van der Waals surface area (Å²) in [5, 5.41) is 2.59. The van der Waals surface area contributed by atoms with Crippen LogP contribution in [0.2, 0.25) is 0 Å². The lowest BCUT2D eigenvalue weighted by Gasteiger charge is -2.26. The number of unbranched alkanes of at least 4 members (excludes halogenated alkanes) is 6. The average molecular weight is 835 g/mol. The summed E-state index contributed by atoms with van der Waals surface area (Å²) < 4.78 is 2.45. The molecule has 8 aromatic carbocycles. The number of hydrogen-bond donors (Lipinski definition) is 0. The minimum Gasteiger partial charge on any atom is -0.311 e. The van der Waals surface area contributed by atoms with E-state index < -0.39 is 0 Å². The molecule has 0 saturated carbocycles. The lowest BCUT2D eigenvalue weighted by atomic mass is 9.86. The van der Waals surface area contributed by atoms with Crippen LogP contribution in [0.5, 0.6) is 0 Å². The number of nitrogens with zero attached hydrogens (tertiary/aromatic N) is 2. The quantitative estimate of drug-likeness (QED) is 0.0830. The Labute approximate surface area is 381 Å². The third-order valence-corrected chi connectivity index (χ3v) is 13.2. The Morgan fingerprint density at radius 1 is 0.375 bits per heavy atom. The van der Waals surface area contributed by atoms with Gasteiger partial charge < -0.3 is 9.47 Å². The Bertz CT molecular complexity index is 2940. The summed E-state index contributed by atoms with van der Waals surface area (Å²) in [6, 6.07) is 68.2. The van der Waals surface area contributed by atoms with Crippen LogP contribution in [0.4, 0.5) is 17.1 Å². The first kappa shape index (κ1) is 42.7. The summed E-state index contributed by atoms with van der Waals surface area (Å²) in [5.74, 6) is 0. The van der Waals surface area contributed by atoms with Crippen molar-refractivity contribution < 1.29 is 0 Å². The molecule has 0 bridgehead atoms. The van der Waals surface area contributed by atoms with Crippen molar-refractivity contribution in [1.82, 2.24) is 4.57 Å². The predicted molar refractivity (Wildman–Crippen MR) is 277 cm³/mol. The smallest absolute Gasteiger partial charge is 0.0541 e. The van der Waals surface area contributed by atoms with Crippen LogP contribution in [-0.2, 0) is 12.8 Å². The van der Waals surface area contributed by atoms with Crippen molar-refractivity contribution in [2.45, 2.75) is 91.9 Å². The molecule has 64 heavy (non-hydrogen) atoms. The number of hydrogen-bond acceptors (Lipinski definition) is 1. The second-order valence-electron chi connectivity index (χ2n) is 17.8. The average Bonchev–Trinajstić information content (AvgIpc) is 3.67. The van der Waals surface area contributed by atoms with Crippen LogP contribution in [0, 0.1) is 13.8 Å². The molecule has 0 aliphatic carbocycles. The molecule has 9 aromatic rings. The molecule has 1 aromatic heterocycles. The molecule has 0 radical (unpaired) electrons. The summed E-state index contributed by atoms with van der Waals surface area (Å²) in [7, 11) is 0. The van der Waals surface area contributed by atoms with Crippen LogP contribution in [0.25, 0.3) is 60.9 Å². The van der Waals surface area contributed by atoms with E-state index in [1.165, 1.54) is 134 Å². The van der Waals surface area contributed by atoms with Crippen LogP contribution >= 0.6 is 0 Å². The number of rotatable bonds is 17. The number of fused-ring (bicyclic) bond motifs is 3. The van der Waals surface area contributed by atoms with Crippen molar-refractivity contribution in [3.8, 4) is 39.1 Å². The Balaban J connectivity index is 1.13. The van der Waals surface area contributed by atoms with Gasteiger partial charge in [0.1, 0.15) is 0 Å². The van der Waals surface area contributed by atoms with E-state index in [1.54, 1.807) is 0 Å². The van der Waals surface area contributed by atoms with Crippen molar-refractivity contribution in [3.05, 3.63) is 204 Å². The maximum Gasteiger partial charge on any atom is 0.0541 e. The van der Waals surface area contributed by atoms with Gasteiger partial charge in [0.15, 0.2) is 0 Å². The first-order valence-corrected chi connectivity index (χ1v) is 23.9. The van der Waals surface area contributed by atoms with E-state index >= 15 is 0 Å². The second kappa shape index (κ2) is 19.8. The van der Waals surface area contributed by atoms with Crippen molar-refractivity contribution in [3.63, 3.8) is 0 Å². The van der Waals surface area contributed by atoms with Crippen LogP contribution in [0.1, 0.15) is 87.5 Å². The summed E-state index contributed by atoms with van der Waals surface area (Å²) in [6.45, 7) is 8.91. The standard InChI is InChI=1S/C62H62N2/c1-5-7-9-12-18-50-43-59(52-34-41-62-60(44-52)57-22-16-17-23-61(57)64(62)56-37-30-48(31-38-56)47-28-24-45(3)25-29-47)51(19-13-10-8-6-2)42-58(50)49-32-39-55(40-33-49)63(53-20-14-11-15-21-53)54-35-26-46(4)27-36-54/h11,14-17,20-44H,5-10,12-13,18-19H2,1-4H3. The van der Waals surface area contributed by atoms with Gasteiger partial charge in [0, 0.05) is 33.5 Å². The fourth-order valence-electron chi connectivity index (χ4n) is 9.60. The fraction of sp³-hybridized carbons (Fsp3) is 0.226. The molecule has 2 nitrogen and oxygen atoms in total. The van der Waals surface area contributed by atoms with Gasteiger partial charge in [0.2, 0.25) is 0 Å². The zero-order valence-electron chi connectivity index (χ0n) is 38.3. The van der Waals surface area contributed by atoms with Gasteiger partial charge in [0.25, 0.3) is 0 Å². The number of para-hydroxylation sites is 2. The third kappa shape index (κ3) is 9.20. The van der Waals surface area contributed by atoms with Crippen LogP contribution in [-0.4, -0.2) is 4.57 Å². The molecule has 0 unspecified atom stereocenters. The van der Waals surface area contributed by atoms with E-state index in [-0.39, 0.29) is 0 Å². The Morgan fingerprint density at radius 3 is 1.45 bits per heavy atom. The maximum atomic E-state index is 2.58. The maximum absolute atomic E-state index is 2.58. The first-order valence-electron chi connectivity index (χ1n) is 23.9. The zero-order valence-corrected chi connectivity index (χ0v) is 38.3. The SMILES string of the molecule is CCCCCCc1cc(-c2ccc3c(c2)c2ccccc2n3-c2ccc(-c3ccc(C)cc3)cc2)c(CCCCCC)cc1-c1ccc(N(c2ccccc2)c2ccc(C)cc2)cc1. The highest BCUT2D eigenvalue weighted by molar-refractivity contribution is 6.10. The zero-order chi connectivity index (χ0) is 43.8. The van der Waals surface area contributed by atoms with Crippen LogP contribution < -0.4 is 4.90 Å². The summed E-state index contributed by atoms with van der Waals surface area (Å²) in [4.78, 5) is 2.37. The van der Waals surface area contributed by atoms with Crippen LogP contribution in [0.3, 0.4) is 0 Å². The minimum atomic E-state index is 1.07. The lowest BCUT2D eigenvalue weighted by Crippen LogP contribution is -2.09. The van der Waals surface area contributed by atoms with Gasteiger partial charge in [-0.1, -0.05) is 179 Å². The van der Waals surface area contributed by atoms with Gasteiger partial charge in [-0.25, -0.2) is 0 Å². The van der Waals surface area contributed by atoms with Crippen LogP contribution in [0.15, 0.2) is 182 Å². The lowest BCUT2D eigenvalue weighted by molar-refractivity contribution is 0.664. The monoisotopic (exact) mass is 834 g/mol. The number of benzene rings is 8. The van der Waals surface area contributed by atoms with E-state index in [0.29, 0.717) is 0 Å². The van der Waals surface area contributed by atoms with Crippen molar-refractivity contribution in [2.24, 2.45) is 0 Å². The highest BCUT2D eigenvalue weighted by atomic mass is 15.1. The Hall–Kier alpha value is -6.64. The van der Waals surface area contributed by atoms with Gasteiger partial charge in [-0.15, -0.1) is 0 Å². The van der Waals surface area contributed by atoms with E-state index in [0.717, 1.165) is 29.9 Å². The largest absolute Gasteiger partial charge is 0.311 e. The third-order valence-electron chi connectivity index (χ3n) is 13.2. The normalized spacial score (nSPS) is 11.4. The van der Waals surface area contributed by atoms with Gasteiger partial charge in [-0.3, -0.25) is 0 Å². The van der Waals surface area contributed by atoms with Crippen molar-refractivity contribution >= 4 is 38.9 Å². The first-order chi connectivity index (χ1) is 31.5. The van der Waals surface area contributed by atoms with Gasteiger partial charge in [-0.05, 0) is 151 Å². The highest BCUT2D eigenvalue weighted by Gasteiger charge is 2.19. The summed E-state index contributed by atoms with van der Waals surface area (Å²) in [6.07, 6.45) is 12.0. The molecule has 9 rings (SSSR count).